The van der Waals surface area contributed by atoms with Crippen LogP contribution in [-0.4, -0.2) is 24.1 Å². The van der Waals surface area contributed by atoms with Crippen molar-refractivity contribution >= 4 is 43.6 Å². The maximum absolute atomic E-state index is 9.98. The van der Waals surface area contributed by atoms with Gasteiger partial charge in [0.25, 0.3) is 0 Å². The van der Waals surface area contributed by atoms with Crippen LogP contribution in [0, 0.1) is 11.3 Å². The van der Waals surface area contributed by atoms with Crippen molar-refractivity contribution in [2.75, 3.05) is 0 Å². The lowest BCUT2D eigenvalue weighted by molar-refractivity contribution is 1.07. The maximum Gasteiger partial charge on any atom is 0.164 e. The van der Waals surface area contributed by atoms with Crippen LogP contribution in [0.2, 0.25) is 0 Å². The fraction of sp³-hybridized carbons (Fsp3) is 0. The van der Waals surface area contributed by atoms with Crippen LogP contribution in [0.4, 0.5) is 0 Å². The first-order valence-corrected chi connectivity index (χ1v) is 21.3. The first-order chi connectivity index (χ1) is 31.7. The van der Waals surface area contributed by atoms with Crippen LogP contribution in [0.5, 0.6) is 0 Å². The lowest BCUT2D eigenvalue weighted by Crippen LogP contribution is -2.04. The van der Waals surface area contributed by atoms with Gasteiger partial charge < -0.3 is 9.13 Å². The molecular formula is C58H36N6. The molecule has 298 valence electrons. The van der Waals surface area contributed by atoms with Crippen molar-refractivity contribution in [3.05, 3.63) is 224 Å². The van der Waals surface area contributed by atoms with Gasteiger partial charge in [0.1, 0.15) is 0 Å². The summed E-state index contributed by atoms with van der Waals surface area (Å²) in [6, 6.07) is 78.2. The fourth-order valence-corrected chi connectivity index (χ4v) is 9.28. The molecule has 0 saturated carbocycles. The zero-order valence-electron chi connectivity index (χ0n) is 34.5. The summed E-state index contributed by atoms with van der Waals surface area (Å²) in [7, 11) is 0. The van der Waals surface area contributed by atoms with Gasteiger partial charge in [0.15, 0.2) is 17.5 Å². The molecule has 3 heterocycles. The van der Waals surface area contributed by atoms with Gasteiger partial charge in [-0.15, -0.1) is 0 Å². The van der Waals surface area contributed by atoms with E-state index in [1.165, 1.54) is 21.5 Å². The van der Waals surface area contributed by atoms with E-state index in [4.69, 9.17) is 15.0 Å². The average molecular weight is 817 g/mol. The largest absolute Gasteiger partial charge is 0.309 e. The molecule has 0 aliphatic rings. The minimum absolute atomic E-state index is 0.569. The fourth-order valence-electron chi connectivity index (χ4n) is 9.28. The predicted molar refractivity (Wildman–Crippen MR) is 260 cm³/mol. The highest BCUT2D eigenvalue weighted by Crippen LogP contribution is 2.43. The van der Waals surface area contributed by atoms with Crippen LogP contribution in [-0.2, 0) is 0 Å². The Morgan fingerprint density at radius 2 is 0.672 bits per heavy atom. The van der Waals surface area contributed by atoms with Crippen molar-refractivity contribution in [1.29, 1.82) is 5.26 Å². The quantitative estimate of drug-likeness (QED) is 0.161. The number of para-hydroxylation sites is 4. The molecule has 0 radical (unpaired) electrons. The molecule has 0 saturated heterocycles. The highest BCUT2D eigenvalue weighted by atomic mass is 15.0. The Morgan fingerprint density at radius 3 is 1.12 bits per heavy atom. The number of hydrogen-bond acceptors (Lipinski definition) is 4. The highest BCUT2D eigenvalue weighted by molar-refractivity contribution is 6.11. The Balaban J connectivity index is 1.21. The van der Waals surface area contributed by atoms with E-state index in [0.717, 1.165) is 72.4 Å². The van der Waals surface area contributed by atoms with Crippen LogP contribution in [0.15, 0.2) is 218 Å². The third-order valence-corrected chi connectivity index (χ3v) is 12.2. The summed E-state index contributed by atoms with van der Waals surface area (Å²) in [6.07, 6.45) is 0. The molecule has 6 nitrogen and oxygen atoms in total. The monoisotopic (exact) mass is 816 g/mol. The maximum atomic E-state index is 9.98. The molecule has 0 fully saturated rings. The van der Waals surface area contributed by atoms with Gasteiger partial charge >= 0.3 is 0 Å². The molecule has 0 aliphatic carbocycles. The van der Waals surface area contributed by atoms with Gasteiger partial charge in [0.05, 0.1) is 45.1 Å². The highest BCUT2D eigenvalue weighted by Gasteiger charge is 2.23. The minimum Gasteiger partial charge on any atom is -0.309 e. The van der Waals surface area contributed by atoms with Gasteiger partial charge in [-0.1, -0.05) is 152 Å². The van der Waals surface area contributed by atoms with Crippen LogP contribution >= 0.6 is 0 Å². The minimum atomic E-state index is 0.569. The molecule has 0 spiro atoms. The zero-order chi connectivity index (χ0) is 42.6. The van der Waals surface area contributed by atoms with Crippen molar-refractivity contribution in [2.24, 2.45) is 0 Å². The molecule has 64 heavy (non-hydrogen) atoms. The summed E-state index contributed by atoms with van der Waals surface area (Å²) >= 11 is 0. The molecule has 12 rings (SSSR count). The Morgan fingerprint density at radius 1 is 0.312 bits per heavy atom. The first kappa shape index (κ1) is 36.9. The van der Waals surface area contributed by atoms with Crippen molar-refractivity contribution in [2.45, 2.75) is 0 Å². The smallest absolute Gasteiger partial charge is 0.164 e. The second-order valence-electron chi connectivity index (χ2n) is 15.9. The molecule has 0 bridgehead atoms. The lowest BCUT2D eigenvalue weighted by atomic mass is 9.93. The van der Waals surface area contributed by atoms with Crippen molar-refractivity contribution in [3.8, 4) is 73.9 Å². The number of rotatable bonds is 7. The lowest BCUT2D eigenvalue weighted by Gasteiger charge is -2.21. The van der Waals surface area contributed by atoms with Gasteiger partial charge in [-0.25, -0.2) is 15.0 Å². The normalized spacial score (nSPS) is 11.4. The van der Waals surface area contributed by atoms with Gasteiger partial charge in [0, 0.05) is 49.4 Å². The average Bonchev–Trinajstić information content (AvgIpc) is 3.89. The molecule has 0 N–H and O–H groups in total. The van der Waals surface area contributed by atoms with Crippen molar-refractivity contribution < 1.29 is 0 Å². The van der Waals surface area contributed by atoms with Crippen LogP contribution in [0.1, 0.15) is 5.56 Å². The topological polar surface area (TPSA) is 72.3 Å². The third kappa shape index (κ3) is 6.14. The van der Waals surface area contributed by atoms with Crippen LogP contribution in [0.3, 0.4) is 0 Å². The molecule has 0 unspecified atom stereocenters. The summed E-state index contributed by atoms with van der Waals surface area (Å²) in [6.45, 7) is 0. The Hall–Kier alpha value is -8.92. The molecule has 9 aromatic carbocycles. The summed E-state index contributed by atoms with van der Waals surface area (Å²) in [5.41, 5.74) is 13.7. The number of fused-ring (bicyclic) bond motifs is 6. The molecule has 12 aromatic rings. The van der Waals surface area contributed by atoms with E-state index in [1.54, 1.807) is 0 Å². The SMILES string of the molecule is N#Cc1cccc(-c2ccc(-n3c4ccccc4c4ccccc43)c(-c3cc(-c4nc(-c5ccccc5)nc(-c5ccccc5)n4)ccc3-n3c4ccccc4c4ccccc43)c2)c1. The zero-order valence-corrected chi connectivity index (χ0v) is 34.5. The van der Waals surface area contributed by atoms with E-state index in [0.29, 0.717) is 23.0 Å². The summed E-state index contributed by atoms with van der Waals surface area (Å²) in [5, 5.41) is 14.7. The summed E-state index contributed by atoms with van der Waals surface area (Å²) in [4.78, 5) is 15.4. The molecule has 0 atom stereocenters. The van der Waals surface area contributed by atoms with E-state index in [1.807, 2.05) is 78.9 Å². The Bertz CT molecular complexity index is 3640. The Labute approximate surface area is 369 Å². The van der Waals surface area contributed by atoms with E-state index >= 15 is 0 Å². The third-order valence-electron chi connectivity index (χ3n) is 12.2. The first-order valence-electron chi connectivity index (χ1n) is 21.3. The summed E-state index contributed by atoms with van der Waals surface area (Å²) in [5.74, 6) is 1.77. The number of nitriles is 1. The van der Waals surface area contributed by atoms with Gasteiger partial charge in [-0.2, -0.15) is 5.26 Å². The summed E-state index contributed by atoms with van der Waals surface area (Å²) < 4.78 is 4.78. The standard InChI is InChI=1S/C58H36N6/c59-37-38-16-15-21-41(34-38)42-30-32-54(63-50-26-11-7-22-44(50)45-23-8-12-27-51(45)63)48(35-42)49-36-43(31-33-55(49)64-52-28-13-9-24-46(52)47-25-10-14-29-53(47)64)58-61-56(39-17-3-1-4-18-39)60-57(62-58)40-19-5-2-6-20-40/h1-36H. The molecule has 6 heteroatoms. The van der Waals surface area contributed by atoms with E-state index in [9.17, 15) is 5.26 Å². The van der Waals surface area contributed by atoms with Crippen molar-refractivity contribution in [3.63, 3.8) is 0 Å². The van der Waals surface area contributed by atoms with Crippen LogP contribution < -0.4 is 0 Å². The molecule has 0 aliphatic heterocycles. The van der Waals surface area contributed by atoms with E-state index in [2.05, 4.69) is 155 Å². The predicted octanol–water partition coefficient (Wildman–Crippen LogP) is 14.3. The number of nitrogens with zero attached hydrogens (tertiary/aromatic N) is 6. The molecular weight excluding hydrogens is 781 g/mol. The van der Waals surface area contributed by atoms with Gasteiger partial charge in [-0.3, -0.25) is 0 Å². The van der Waals surface area contributed by atoms with Gasteiger partial charge in [0.2, 0.25) is 0 Å². The number of aromatic nitrogens is 5. The van der Waals surface area contributed by atoms with Crippen molar-refractivity contribution in [1.82, 2.24) is 24.1 Å². The van der Waals surface area contributed by atoms with Gasteiger partial charge in [-0.05, 0) is 77.9 Å². The second kappa shape index (κ2) is 15.2. The molecule has 3 aromatic heterocycles. The second-order valence-corrected chi connectivity index (χ2v) is 15.9. The van der Waals surface area contributed by atoms with Crippen LogP contribution in [0.25, 0.3) is 111 Å². The number of hydrogen-bond donors (Lipinski definition) is 0. The molecule has 0 amide bonds. The van der Waals surface area contributed by atoms with E-state index in [-0.39, 0.29) is 0 Å². The van der Waals surface area contributed by atoms with E-state index < -0.39 is 0 Å². The number of benzene rings is 9. The Kier molecular flexibility index (Phi) is 8.77.